The SMILES string of the molecule is CCc1oc(-c2ccc(C)cc2)nc1COC1CCCC(C(=O)N[C@@H](C(=O)O)C(C)C)C1. The number of carbonyl (C=O) groups is 2. The fourth-order valence-corrected chi connectivity index (χ4v) is 4.11. The molecule has 1 saturated carbocycles. The molecule has 7 nitrogen and oxygen atoms in total. The molecule has 0 bridgehead atoms. The van der Waals surface area contributed by atoms with Crippen LogP contribution in [0.5, 0.6) is 0 Å². The quantitative estimate of drug-likeness (QED) is 0.592. The number of aromatic nitrogens is 1. The number of carboxylic acids is 1. The van der Waals surface area contributed by atoms with E-state index < -0.39 is 12.0 Å². The number of carboxylic acid groups (broad SMARTS) is 1. The standard InChI is InChI=1S/C25H34N2O5/c1-5-21-20(26-24(32-21)17-11-9-16(4)10-12-17)14-31-19-8-6-7-18(13-19)23(28)27-22(15(2)3)25(29)30/h9-12,15,18-19,22H,5-8,13-14H2,1-4H3,(H,27,28)(H,29,30)/t18?,19?,22-/m1/s1. The summed E-state index contributed by atoms with van der Waals surface area (Å²) < 4.78 is 12.1. The Balaban J connectivity index is 1.60. The highest BCUT2D eigenvalue weighted by molar-refractivity contribution is 5.85. The number of nitrogens with one attached hydrogen (secondary N) is 1. The number of amides is 1. The molecule has 2 aromatic rings. The zero-order valence-corrected chi connectivity index (χ0v) is 19.4. The molecular weight excluding hydrogens is 408 g/mol. The van der Waals surface area contributed by atoms with E-state index in [0.29, 0.717) is 18.9 Å². The Hall–Kier alpha value is -2.67. The monoisotopic (exact) mass is 442 g/mol. The average Bonchev–Trinajstić information content (AvgIpc) is 3.19. The third-order valence-electron chi connectivity index (χ3n) is 6.08. The number of oxazole rings is 1. The molecule has 1 heterocycles. The molecule has 3 atom stereocenters. The smallest absolute Gasteiger partial charge is 0.326 e. The number of aryl methyl sites for hydroxylation is 2. The zero-order chi connectivity index (χ0) is 23.3. The molecule has 174 valence electrons. The summed E-state index contributed by atoms with van der Waals surface area (Å²) >= 11 is 0. The lowest BCUT2D eigenvalue weighted by atomic mass is 9.86. The molecule has 3 rings (SSSR count). The molecule has 1 fully saturated rings. The summed E-state index contributed by atoms with van der Waals surface area (Å²) in [6.45, 7) is 7.98. The van der Waals surface area contributed by atoms with Crippen molar-refractivity contribution < 1.29 is 23.8 Å². The maximum Gasteiger partial charge on any atom is 0.326 e. The number of rotatable bonds is 9. The Kier molecular flexibility index (Phi) is 8.07. The van der Waals surface area contributed by atoms with E-state index in [-0.39, 0.29) is 23.8 Å². The highest BCUT2D eigenvalue weighted by atomic mass is 16.5. The summed E-state index contributed by atoms with van der Waals surface area (Å²) in [6, 6.07) is 7.19. The average molecular weight is 443 g/mol. The van der Waals surface area contributed by atoms with Crippen molar-refractivity contribution in [3.63, 3.8) is 0 Å². The van der Waals surface area contributed by atoms with Crippen LogP contribution >= 0.6 is 0 Å². The topological polar surface area (TPSA) is 102 Å². The Bertz CT molecular complexity index is 919. The van der Waals surface area contributed by atoms with E-state index in [0.717, 1.165) is 42.7 Å². The molecule has 32 heavy (non-hydrogen) atoms. The lowest BCUT2D eigenvalue weighted by Gasteiger charge is -2.29. The molecule has 1 aliphatic carbocycles. The largest absolute Gasteiger partial charge is 0.480 e. The molecule has 0 spiro atoms. The number of ether oxygens (including phenoxy) is 1. The Morgan fingerprint density at radius 1 is 1.25 bits per heavy atom. The minimum Gasteiger partial charge on any atom is -0.480 e. The minimum atomic E-state index is -1.00. The second kappa shape index (κ2) is 10.8. The number of nitrogens with zero attached hydrogens (tertiary/aromatic N) is 1. The van der Waals surface area contributed by atoms with Crippen molar-refractivity contribution in [1.82, 2.24) is 10.3 Å². The van der Waals surface area contributed by atoms with Crippen molar-refractivity contribution >= 4 is 11.9 Å². The summed E-state index contributed by atoms with van der Waals surface area (Å²) in [6.07, 6.45) is 3.74. The van der Waals surface area contributed by atoms with E-state index in [9.17, 15) is 14.7 Å². The van der Waals surface area contributed by atoms with Crippen molar-refractivity contribution in [1.29, 1.82) is 0 Å². The molecule has 2 unspecified atom stereocenters. The van der Waals surface area contributed by atoms with E-state index in [1.165, 1.54) is 5.56 Å². The van der Waals surface area contributed by atoms with Gasteiger partial charge in [0.1, 0.15) is 17.5 Å². The number of hydrogen-bond donors (Lipinski definition) is 2. The van der Waals surface area contributed by atoms with Crippen LogP contribution in [0.4, 0.5) is 0 Å². The van der Waals surface area contributed by atoms with Crippen molar-refractivity contribution in [3.05, 3.63) is 41.3 Å². The Morgan fingerprint density at radius 2 is 1.97 bits per heavy atom. The van der Waals surface area contributed by atoms with E-state index in [1.807, 2.05) is 38.1 Å². The first-order chi connectivity index (χ1) is 15.3. The normalized spacial score (nSPS) is 19.7. The third kappa shape index (κ3) is 5.97. The van der Waals surface area contributed by atoms with E-state index in [2.05, 4.69) is 10.3 Å². The molecule has 0 aliphatic heterocycles. The van der Waals surface area contributed by atoms with Gasteiger partial charge in [0, 0.05) is 17.9 Å². The summed E-state index contributed by atoms with van der Waals surface area (Å²) in [5.41, 5.74) is 2.91. The van der Waals surface area contributed by atoms with Gasteiger partial charge in [0.25, 0.3) is 0 Å². The second-order valence-electron chi connectivity index (χ2n) is 8.97. The number of carbonyl (C=O) groups excluding carboxylic acids is 1. The van der Waals surface area contributed by atoms with Crippen LogP contribution in [-0.4, -0.2) is 34.1 Å². The predicted molar refractivity (Wildman–Crippen MR) is 121 cm³/mol. The van der Waals surface area contributed by atoms with Crippen LogP contribution in [0.1, 0.15) is 63.5 Å². The van der Waals surface area contributed by atoms with Gasteiger partial charge in [-0.05, 0) is 44.2 Å². The predicted octanol–water partition coefficient (Wildman–Crippen LogP) is 4.51. The van der Waals surface area contributed by atoms with Crippen LogP contribution in [0, 0.1) is 18.8 Å². The third-order valence-corrected chi connectivity index (χ3v) is 6.08. The van der Waals surface area contributed by atoms with Crippen LogP contribution in [0.25, 0.3) is 11.5 Å². The zero-order valence-electron chi connectivity index (χ0n) is 19.4. The van der Waals surface area contributed by atoms with Crippen LogP contribution in [0.15, 0.2) is 28.7 Å². The summed E-state index contributed by atoms with van der Waals surface area (Å²) in [5.74, 6) is -0.201. The number of hydrogen-bond acceptors (Lipinski definition) is 5. The van der Waals surface area contributed by atoms with Gasteiger partial charge in [-0.25, -0.2) is 9.78 Å². The minimum absolute atomic E-state index is 0.0638. The summed E-state index contributed by atoms with van der Waals surface area (Å²) in [4.78, 5) is 28.7. The molecule has 1 amide bonds. The Labute approximate surface area is 189 Å². The van der Waals surface area contributed by atoms with E-state index >= 15 is 0 Å². The fraction of sp³-hybridized carbons (Fsp3) is 0.560. The Morgan fingerprint density at radius 3 is 2.59 bits per heavy atom. The number of benzene rings is 1. The number of aliphatic carboxylic acids is 1. The first-order valence-electron chi connectivity index (χ1n) is 11.5. The lowest BCUT2D eigenvalue weighted by molar-refractivity contribution is -0.144. The molecule has 2 N–H and O–H groups in total. The molecule has 7 heteroatoms. The van der Waals surface area contributed by atoms with Crippen LogP contribution < -0.4 is 5.32 Å². The van der Waals surface area contributed by atoms with Gasteiger partial charge in [-0.3, -0.25) is 4.79 Å². The van der Waals surface area contributed by atoms with Crippen LogP contribution in [-0.2, 0) is 27.4 Å². The van der Waals surface area contributed by atoms with Crippen molar-refractivity contribution in [2.24, 2.45) is 11.8 Å². The summed E-state index contributed by atoms with van der Waals surface area (Å²) in [7, 11) is 0. The van der Waals surface area contributed by atoms with Gasteiger partial charge >= 0.3 is 5.97 Å². The first-order valence-corrected chi connectivity index (χ1v) is 11.5. The summed E-state index contributed by atoms with van der Waals surface area (Å²) in [5, 5.41) is 12.0. The van der Waals surface area contributed by atoms with Crippen molar-refractivity contribution in [2.75, 3.05) is 0 Å². The van der Waals surface area contributed by atoms with Crippen molar-refractivity contribution in [2.45, 2.75) is 78.6 Å². The molecule has 0 radical (unpaired) electrons. The molecular formula is C25H34N2O5. The van der Waals surface area contributed by atoms with Gasteiger partial charge in [0.15, 0.2) is 0 Å². The molecule has 1 aliphatic rings. The molecule has 1 aromatic carbocycles. The lowest BCUT2D eigenvalue weighted by Crippen LogP contribution is -2.47. The first kappa shape index (κ1) is 24.0. The maximum atomic E-state index is 12.7. The van der Waals surface area contributed by atoms with Gasteiger partial charge in [-0.1, -0.05) is 44.9 Å². The van der Waals surface area contributed by atoms with Gasteiger partial charge in [0.05, 0.1) is 12.7 Å². The highest BCUT2D eigenvalue weighted by Gasteiger charge is 2.32. The van der Waals surface area contributed by atoms with Crippen LogP contribution in [0.3, 0.4) is 0 Å². The van der Waals surface area contributed by atoms with Crippen molar-refractivity contribution in [3.8, 4) is 11.5 Å². The highest BCUT2D eigenvalue weighted by Crippen LogP contribution is 2.29. The van der Waals surface area contributed by atoms with E-state index in [4.69, 9.17) is 9.15 Å². The van der Waals surface area contributed by atoms with Gasteiger partial charge in [-0.2, -0.15) is 0 Å². The second-order valence-corrected chi connectivity index (χ2v) is 8.97. The van der Waals surface area contributed by atoms with E-state index in [1.54, 1.807) is 13.8 Å². The van der Waals surface area contributed by atoms with Gasteiger partial charge in [-0.15, -0.1) is 0 Å². The van der Waals surface area contributed by atoms with Gasteiger partial charge < -0.3 is 19.6 Å². The fourth-order valence-electron chi connectivity index (χ4n) is 4.11. The maximum absolute atomic E-state index is 12.7. The molecule has 0 saturated heterocycles. The van der Waals surface area contributed by atoms with Gasteiger partial charge in [0.2, 0.25) is 11.8 Å². The van der Waals surface area contributed by atoms with Crippen LogP contribution in [0.2, 0.25) is 0 Å². The molecule has 1 aromatic heterocycles.